The van der Waals surface area contributed by atoms with Crippen LogP contribution in [0.3, 0.4) is 0 Å². The highest BCUT2D eigenvalue weighted by Gasteiger charge is 2.38. The van der Waals surface area contributed by atoms with Gasteiger partial charge in [0, 0.05) is 13.5 Å². The van der Waals surface area contributed by atoms with Crippen molar-refractivity contribution in [3.05, 3.63) is 0 Å². The van der Waals surface area contributed by atoms with E-state index in [9.17, 15) is 5.11 Å². The molecule has 0 radical (unpaired) electrons. The Kier molecular flexibility index (Phi) is 8.72. The van der Waals surface area contributed by atoms with Gasteiger partial charge in [-0.05, 0) is 25.7 Å². The first-order valence-electron chi connectivity index (χ1n) is 8.45. The summed E-state index contributed by atoms with van der Waals surface area (Å²) in [4.78, 5) is 0. The third kappa shape index (κ3) is 6.76. The van der Waals surface area contributed by atoms with Crippen molar-refractivity contribution in [3.8, 4) is 0 Å². The fourth-order valence-corrected chi connectivity index (χ4v) is 3.11. The van der Waals surface area contributed by atoms with Gasteiger partial charge in [-0.1, -0.05) is 58.3 Å². The molecule has 1 aliphatic carbocycles. The molecule has 0 aliphatic heterocycles. The topological polar surface area (TPSA) is 29.5 Å². The number of hydrogen-bond donors (Lipinski definition) is 1. The van der Waals surface area contributed by atoms with E-state index in [0.717, 1.165) is 25.7 Å². The van der Waals surface area contributed by atoms with Crippen LogP contribution in [-0.4, -0.2) is 23.9 Å². The highest BCUT2D eigenvalue weighted by atomic mass is 16.5. The molecule has 1 saturated carbocycles. The van der Waals surface area contributed by atoms with Crippen LogP contribution in [0.2, 0.25) is 0 Å². The lowest BCUT2D eigenvalue weighted by Gasteiger charge is -2.41. The van der Waals surface area contributed by atoms with E-state index in [0.29, 0.717) is 0 Å². The highest BCUT2D eigenvalue weighted by Crippen LogP contribution is 2.39. The lowest BCUT2D eigenvalue weighted by atomic mass is 9.75. The predicted molar refractivity (Wildman–Crippen MR) is 81.4 cm³/mol. The Labute approximate surface area is 119 Å². The van der Waals surface area contributed by atoms with Crippen molar-refractivity contribution in [2.75, 3.05) is 7.11 Å². The van der Waals surface area contributed by atoms with Crippen molar-refractivity contribution in [1.29, 1.82) is 0 Å². The molecule has 0 spiro atoms. The number of methoxy groups -OCH3 is 1. The van der Waals surface area contributed by atoms with Crippen LogP contribution in [0.15, 0.2) is 0 Å². The molecule has 0 amide bonds. The van der Waals surface area contributed by atoms with Gasteiger partial charge in [0.05, 0.1) is 11.7 Å². The number of hydrogen-bond acceptors (Lipinski definition) is 2. The van der Waals surface area contributed by atoms with Crippen LogP contribution in [0.25, 0.3) is 0 Å². The molecule has 1 atom stereocenters. The molecule has 2 heteroatoms. The van der Waals surface area contributed by atoms with E-state index in [2.05, 4.69) is 6.92 Å². The summed E-state index contributed by atoms with van der Waals surface area (Å²) in [5, 5.41) is 10.1. The van der Waals surface area contributed by atoms with Crippen LogP contribution >= 0.6 is 0 Å². The van der Waals surface area contributed by atoms with E-state index in [1.54, 1.807) is 7.11 Å². The van der Waals surface area contributed by atoms with Crippen LogP contribution in [0.1, 0.15) is 90.4 Å². The van der Waals surface area contributed by atoms with Crippen molar-refractivity contribution >= 4 is 0 Å². The minimum absolute atomic E-state index is 0.0274. The van der Waals surface area contributed by atoms with Gasteiger partial charge < -0.3 is 9.84 Å². The quantitative estimate of drug-likeness (QED) is 0.514. The smallest absolute Gasteiger partial charge is 0.0703 e. The summed E-state index contributed by atoms with van der Waals surface area (Å²) in [6.07, 6.45) is 15.9. The van der Waals surface area contributed by atoms with Crippen molar-refractivity contribution in [1.82, 2.24) is 0 Å². The van der Waals surface area contributed by atoms with Gasteiger partial charge in [-0.2, -0.15) is 0 Å². The van der Waals surface area contributed by atoms with E-state index in [1.165, 1.54) is 57.8 Å². The highest BCUT2D eigenvalue weighted by molar-refractivity contribution is 4.91. The molecule has 0 saturated heterocycles. The summed E-state index contributed by atoms with van der Waals surface area (Å²) in [6, 6.07) is 0. The van der Waals surface area contributed by atoms with Gasteiger partial charge in [0.1, 0.15) is 0 Å². The molecule has 0 aromatic rings. The minimum atomic E-state index is -0.152. The van der Waals surface area contributed by atoms with Crippen molar-refractivity contribution < 1.29 is 9.84 Å². The first-order chi connectivity index (χ1) is 9.22. The number of aliphatic hydroxyl groups is 1. The summed E-state index contributed by atoms with van der Waals surface area (Å²) in [5.74, 6) is 0. The second-order valence-corrected chi connectivity index (χ2v) is 6.36. The van der Waals surface area contributed by atoms with Crippen molar-refractivity contribution in [3.63, 3.8) is 0 Å². The number of aliphatic hydroxyl groups excluding tert-OH is 1. The fraction of sp³-hybridized carbons (Fsp3) is 1.00. The minimum Gasteiger partial charge on any atom is -0.393 e. The maximum atomic E-state index is 10.1. The molecule has 0 aromatic heterocycles. The largest absolute Gasteiger partial charge is 0.393 e. The Morgan fingerprint density at radius 2 is 1.58 bits per heavy atom. The first kappa shape index (κ1) is 17.0. The lowest BCUT2D eigenvalue weighted by Crippen LogP contribution is -2.42. The van der Waals surface area contributed by atoms with Gasteiger partial charge in [-0.25, -0.2) is 0 Å². The van der Waals surface area contributed by atoms with Crippen molar-refractivity contribution in [2.24, 2.45) is 0 Å². The number of ether oxygens (including phenoxy) is 1. The predicted octanol–water partition coefficient (Wildman–Crippen LogP) is 4.84. The average molecular weight is 270 g/mol. The molecule has 1 N–H and O–H groups in total. The van der Waals surface area contributed by atoms with E-state index in [4.69, 9.17) is 4.74 Å². The molecule has 0 aromatic carbocycles. The van der Waals surface area contributed by atoms with Gasteiger partial charge >= 0.3 is 0 Å². The SMILES string of the molecule is CCCCCCCCCCC(O)CC1(OC)CCC1. The molecule has 0 bridgehead atoms. The van der Waals surface area contributed by atoms with Crippen LogP contribution in [0.4, 0.5) is 0 Å². The standard InChI is InChI=1S/C17H34O2/c1-3-4-5-6-7-8-9-10-12-16(18)15-17(19-2)13-11-14-17/h16,18H,3-15H2,1-2H3. The fourth-order valence-electron chi connectivity index (χ4n) is 3.11. The first-order valence-corrected chi connectivity index (χ1v) is 8.45. The molecule has 0 heterocycles. The average Bonchev–Trinajstić information content (AvgIpc) is 2.37. The zero-order valence-electron chi connectivity index (χ0n) is 13.1. The lowest BCUT2D eigenvalue weighted by molar-refractivity contribution is -0.100. The second kappa shape index (κ2) is 9.77. The summed E-state index contributed by atoms with van der Waals surface area (Å²) in [7, 11) is 1.79. The zero-order chi connectivity index (χ0) is 14.0. The molecule has 114 valence electrons. The zero-order valence-corrected chi connectivity index (χ0v) is 13.1. The summed E-state index contributed by atoms with van der Waals surface area (Å²) in [6.45, 7) is 2.26. The molecule has 19 heavy (non-hydrogen) atoms. The van der Waals surface area contributed by atoms with E-state index >= 15 is 0 Å². The molecule has 1 fully saturated rings. The monoisotopic (exact) mass is 270 g/mol. The van der Waals surface area contributed by atoms with E-state index < -0.39 is 0 Å². The van der Waals surface area contributed by atoms with Crippen LogP contribution < -0.4 is 0 Å². The third-order valence-corrected chi connectivity index (χ3v) is 4.70. The molecular formula is C17H34O2. The summed E-state index contributed by atoms with van der Waals surface area (Å²) in [5.41, 5.74) is 0.0274. The molecular weight excluding hydrogens is 236 g/mol. The van der Waals surface area contributed by atoms with Crippen LogP contribution in [0, 0.1) is 0 Å². The Morgan fingerprint density at radius 1 is 1.00 bits per heavy atom. The number of rotatable bonds is 12. The second-order valence-electron chi connectivity index (χ2n) is 6.36. The van der Waals surface area contributed by atoms with Gasteiger partial charge in [-0.3, -0.25) is 0 Å². The normalized spacial score (nSPS) is 19.1. The van der Waals surface area contributed by atoms with Gasteiger partial charge in [0.25, 0.3) is 0 Å². The summed E-state index contributed by atoms with van der Waals surface area (Å²) >= 11 is 0. The Morgan fingerprint density at radius 3 is 2.05 bits per heavy atom. The maximum absolute atomic E-state index is 10.1. The Bertz CT molecular complexity index is 206. The van der Waals surface area contributed by atoms with Gasteiger partial charge in [0.2, 0.25) is 0 Å². The van der Waals surface area contributed by atoms with Crippen LogP contribution in [0.5, 0.6) is 0 Å². The van der Waals surface area contributed by atoms with Crippen LogP contribution in [-0.2, 0) is 4.74 Å². The van der Waals surface area contributed by atoms with E-state index in [1.807, 2.05) is 0 Å². The maximum Gasteiger partial charge on any atom is 0.0703 e. The molecule has 1 aliphatic rings. The third-order valence-electron chi connectivity index (χ3n) is 4.70. The molecule has 2 nitrogen and oxygen atoms in total. The molecule has 1 unspecified atom stereocenters. The number of unbranched alkanes of at least 4 members (excludes halogenated alkanes) is 7. The molecule has 1 rings (SSSR count). The Hall–Kier alpha value is -0.0800. The Balaban J connectivity index is 1.91. The van der Waals surface area contributed by atoms with Gasteiger partial charge in [-0.15, -0.1) is 0 Å². The summed E-state index contributed by atoms with van der Waals surface area (Å²) < 4.78 is 5.57. The van der Waals surface area contributed by atoms with Crippen molar-refractivity contribution in [2.45, 2.75) is 102 Å². The van der Waals surface area contributed by atoms with E-state index in [-0.39, 0.29) is 11.7 Å². The van der Waals surface area contributed by atoms with Gasteiger partial charge in [0.15, 0.2) is 0 Å².